The maximum atomic E-state index is 6.02. The number of hydrogen-bond acceptors (Lipinski definition) is 3. The van der Waals surface area contributed by atoms with Crippen LogP contribution in [0.3, 0.4) is 0 Å². The summed E-state index contributed by atoms with van der Waals surface area (Å²) in [6.45, 7) is 7.23. The van der Waals surface area contributed by atoms with E-state index in [1.165, 1.54) is 43.4 Å². The van der Waals surface area contributed by atoms with Gasteiger partial charge in [0.1, 0.15) is 0 Å². The van der Waals surface area contributed by atoms with Crippen molar-refractivity contribution < 1.29 is 4.74 Å². The summed E-state index contributed by atoms with van der Waals surface area (Å²) in [6, 6.07) is 8.44. The van der Waals surface area contributed by atoms with E-state index in [2.05, 4.69) is 46.4 Å². The van der Waals surface area contributed by atoms with Crippen molar-refractivity contribution in [3.8, 4) is 0 Å². The first-order valence-corrected chi connectivity index (χ1v) is 9.75. The van der Waals surface area contributed by atoms with Gasteiger partial charge in [-0.25, -0.2) is 4.99 Å². The van der Waals surface area contributed by atoms with Gasteiger partial charge >= 0.3 is 0 Å². The molecule has 1 heterocycles. The molecule has 0 radical (unpaired) electrons. The normalized spacial score (nSPS) is 14.8. The maximum absolute atomic E-state index is 6.02. The van der Waals surface area contributed by atoms with Crippen LogP contribution in [0.4, 0.5) is 5.69 Å². The lowest BCUT2D eigenvalue weighted by atomic mass is 10.1. The Morgan fingerprint density at radius 1 is 1.12 bits per heavy atom. The van der Waals surface area contributed by atoms with Gasteiger partial charge in [0.15, 0.2) is 5.96 Å². The van der Waals surface area contributed by atoms with Gasteiger partial charge in [-0.3, -0.25) is 0 Å². The zero-order chi connectivity index (χ0) is 17.7. The number of hydrogen-bond donors (Lipinski definition) is 2. The van der Waals surface area contributed by atoms with Crippen LogP contribution in [0, 0.1) is 0 Å². The van der Waals surface area contributed by atoms with Crippen molar-refractivity contribution in [3.63, 3.8) is 0 Å². The minimum Gasteiger partial charge on any atom is -0.378 e. The van der Waals surface area contributed by atoms with Crippen molar-refractivity contribution in [1.29, 1.82) is 0 Å². The Morgan fingerprint density at radius 2 is 1.81 bits per heavy atom. The Bertz CT molecular complexity index is 518. The molecule has 0 atom stereocenters. The molecule has 6 heteroatoms. The molecule has 0 spiro atoms. The van der Waals surface area contributed by atoms with E-state index in [4.69, 9.17) is 10.5 Å². The van der Waals surface area contributed by atoms with Gasteiger partial charge in [0.25, 0.3) is 0 Å². The maximum Gasteiger partial charge on any atom is 0.188 e. The molecule has 0 bridgehead atoms. The summed E-state index contributed by atoms with van der Waals surface area (Å²) in [7, 11) is 0. The third-order valence-electron chi connectivity index (χ3n) is 4.60. The number of rotatable bonds is 10. The van der Waals surface area contributed by atoms with Crippen LogP contribution in [0.2, 0.25) is 0 Å². The highest BCUT2D eigenvalue weighted by Gasteiger charge is 2.13. The summed E-state index contributed by atoms with van der Waals surface area (Å²) in [4.78, 5) is 6.89. The number of nitrogens with one attached hydrogen (secondary N) is 1. The molecule has 0 aliphatic carbocycles. The third kappa shape index (κ3) is 8.58. The first kappa shape index (κ1) is 23.0. The second kappa shape index (κ2) is 14.1. The van der Waals surface area contributed by atoms with Gasteiger partial charge in [0.05, 0.1) is 19.8 Å². The van der Waals surface area contributed by atoms with Crippen LogP contribution in [0.25, 0.3) is 0 Å². The molecular formula is C20H35IN4O. The predicted molar refractivity (Wildman–Crippen MR) is 122 cm³/mol. The van der Waals surface area contributed by atoms with E-state index in [0.29, 0.717) is 12.5 Å². The number of aliphatic imine (C=N–C) groups is 1. The SMILES string of the molecule is CCCCCCCCNC(N)=NCc1ccccc1N1CCOCC1.I. The van der Waals surface area contributed by atoms with Crippen molar-refractivity contribution in [1.82, 2.24) is 5.32 Å². The van der Waals surface area contributed by atoms with E-state index in [-0.39, 0.29) is 24.0 Å². The van der Waals surface area contributed by atoms with Gasteiger partial charge in [0, 0.05) is 25.3 Å². The lowest BCUT2D eigenvalue weighted by Crippen LogP contribution is -2.36. The van der Waals surface area contributed by atoms with E-state index in [1.807, 2.05) is 0 Å². The average Bonchev–Trinajstić information content (AvgIpc) is 2.66. The van der Waals surface area contributed by atoms with Crippen molar-refractivity contribution in [2.24, 2.45) is 10.7 Å². The fourth-order valence-corrected chi connectivity index (χ4v) is 3.11. The molecule has 0 unspecified atom stereocenters. The number of halogens is 1. The number of unbranched alkanes of at least 4 members (excludes halogenated alkanes) is 5. The molecule has 148 valence electrons. The number of guanidine groups is 1. The first-order chi connectivity index (χ1) is 12.3. The first-order valence-electron chi connectivity index (χ1n) is 9.75. The van der Waals surface area contributed by atoms with E-state index in [0.717, 1.165) is 39.3 Å². The number of benzene rings is 1. The van der Waals surface area contributed by atoms with Crippen molar-refractivity contribution in [3.05, 3.63) is 29.8 Å². The Balaban J connectivity index is 0.00000338. The lowest BCUT2D eigenvalue weighted by Gasteiger charge is -2.30. The zero-order valence-corrected chi connectivity index (χ0v) is 18.4. The highest BCUT2D eigenvalue weighted by atomic mass is 127. The molecule has 26 heavy (non-hydrogen) atoms. The molecular weight excluding hydrogens is 439 g/mol. The Labute approximate surface area is 175 Å². The highest BCUT2D eigenvalue weighted by Crippen LogP contribution is 2.22. The minimum atomic E-state index is 0. The third-order valence-corrected chi connectivity index (χ3v) is 4.60. The number of ether oxygens (including phenoxy) is 1. The summed E-state index contributed by atoms with van der Waals surface area (Å²) in [5, 5.41) is 3.24. The van der Waals surface area contributed by atoms with E-state index < -0.39 is 0 Å². The molecule has 1 aliphatic rings. The summed E-state index contributed by atoms with van der Waals surface area (Å²) in [5.41, 5.74) is 8.48. The van der Waals surface area contributed by atoms with Gasteiger partial charge in [-0.15, -0.1) is 24.0 Å². The van der Waals surface area contributed by atoms with Gasteiger partial charge < -0.3 is 20.7 Å². The molecule has 0 aromatic heterocycles. The summed E-state index contributed by atoms with van der Waals surface area (Å²) in [6.07, 6.45) is 7.73. The molecule has 1 aromatic rings. The molecule has 5 nitrogen and oxygen atoms in total. The average molecular weight is 474 g/mol. The molecule has 1 aromatic carbocycles. The summed E-state index contributed by atoms with van der Waals surface area (Å²) in [5.74, 6) is 0.547. The molecule has 2 rings (SSSR count). The molecule has 1 aliphatic heterocycles. The van der Waals surface area contributed by atoms with Crippen LogP contribution in [-0.2, 0) is 11.3 Å². The van der Waals surface area contributed by atoms with Crippen molar-refractivity contribution in [2.75, 3.05) is 37.7 Å². The van der Waals surface area contributed by atoms with Crippen LogP contribution < -0.4 is 16.0 Å². The molecule has 1 fully saturated rings. The summed E-state index contributed by atoms with van der Waals surface area (Å²) >= 11 is 0. The molecule has 0 amide bonds. The van der Waals surface area contributed by atoms with E-state index in [1.54, 1.807) is 0 Å². The van der Waals surface area contributed by atoms with Crippen molar-refractivity contribution in [2.45, 2.75) is 52.0 Å². The molecule has 0 saturated carbocycles. The van der Waals surface area contributed by atoms with Gasteiger partial charge in [-0.05, 0) is 18.1 Å². The van der Waals surface area contributed by atoms with Crippen LogP contribution in [0.1, 0.15) is 51.0 Å². The van der Waals surface area contributed by atoms with Crippen LogP contribution in [0.5, 0.6) is 0 Å². The second-order valence-corrected chi connectivity index (χ2v) is 6.62. The van der Waals surface area contributed by atoms with E-state index in [9.17, 15) is 0 Å². The quantitative estimate of drug-likeness (QED) is 0.234. The Hall–Kier alpha value is -1.02. The number of morpholine rings is 1. The highest BCUT2D eigenvalue weighted by molar-refractivity contribution is 14.0. The number of nitrogens with two attached hydrogens (primary N) is 1. The van der Waals surface area contributed by atoms with Crippen LogP contribution in [-0.4, -0.2) is 38.8 Å². The largest absolute Gasteiger partial charge is 0.378 e. The number of nitrogens with zero attached hydrogens (tertiary/aromatic N) is 2. The van der Waals surface area contributed by atoms with Crippen LogP contribution >= 0.6 is 24.0 Å². The van der Waals surface area contributed by atoms with E-state index >= 15 is 0 Å². The fraction of sp³-hybridized carbons (Fsp3) is 0.650. The monoisotopic (exact) mass is 474 g/mol. The number of para-hydroxylation sites is 1. The molecule has 3 N–H and O–H groups in total. The smallest absolute Gasteiger partial charge is 0.188 e. The molecule has 1 saturated heterocycles. The van der Waals surface area contributed by atoms with Gasteiger partial charge in [-0.2, -0.15) is 0 Å². The number of anilines is 1. The second-order valence-electron chi connectivity index (χ2n) is 6.62. The topological polar surface area (TPSA) is 62.9 Å². The zero-order valence-electron chi connectivity index (χ0n) is 16.1. The minimum absolute atomic E-state index is 0. The van der Waals surface area contributed by atoms with Crippen LogP contribution in [0.15, 0.2) is 29.3 Å². The van der Waals surface area contributed by atoms with Gasteiger partial charge in [0.2, 0.25) is 0 Å². The summed E-state index contributed by atoms with van der Waals surface area (Å²) < 4.78 is 5.45. The lowest BCUT2D eigenvalue weighted by molar-refractivity contribution is 0.122. The van der Waals surface area contributed by atoms with Crippen molar-refractivity contribution >= 4 is 35.6 Å². The Kier molecular flexibility index (Phi) is 12.5. The fourth-order valence-electron chi connectivity index (χ4n) is 3.11. The van der Waals surface area contributed by atoms with Gasteiger partial charge in [-0.1, -0.05) is 57.2 Å². The Morgan fingerprint density at radius 3 is 2.58 bits per heavy atom. The standard InChI is InChI=1S/C20H34N4O.HI/c1-2-3-4-5-6-9-12-22-20(21)23-17-18-10-7-8-11-19(18)24-13-15-25-16-14-24;/h7-8,10-11H,2-6,9,12-17H2,1H3,(H3,21,22,23);1H. The predicted octanol–water partition coefficient (Wildman–Crippen LogP) is 3.91.